The summed E-state index contributed by atoms with van der Waals surface area (Å²) in [6.07, 6.45) is 2.14. The first-order valence-corrected chi connectivity index (χ1v) is 10.4. The highest BCUT2D eigenvalue weighted by molar-refractivity contribution is 8.01. The van der Waals surface area contributed by atoms with Gasteiger partial charge in [0.2, 0.25) is 11.0 Å². The standard InChI is InChI=1S/C18H26N4OS2/c1-13(2)9-10-14(3)20-16(23)12-24-18-22-21-17(25-18)19-11-15-7-5-4-6-8-15/h4-8,13-14H,9-12H2,1-3H3,(H,19,21)(H,20,23)/t14-/m0/s1. The minimum absolute atomic E-state index is 0.0512. The average Bonchev–Trinajstić information content (AvgIpc) is 3.05. The van der Waals surface area contributed by atoms with E-state index in [0.717, 1.165) is 22.3 Å². The maximum absolute atomic E-state index is 12.0. The smallest absolute Gasteiger partial charge is 0.230 e. The topological polar surface area (TPSA) is 66.9 Å². The van der Waals surface area contributed by atoms with Crippen molar-refractivity contribution in [2.75, 3.05) is 11.1 Å². The summed E-state index contributed by atoms with van der Waals surface area (Å²) in [6.45, 7) is 7.17. The monoisotopic (exact) mass is 378 g/mol. The maximum atomic E-state index is 12.0. The van der Waals surface area contributed by atoms with Gasteiger partial charge in [-0.15, -0.1) is 10.2 Å². The van der Waals surface area contributed by atoms with E-state index in [0.29, 0.717) is 18.2 Å². The van der Waals surface area contributed by atoms with Crippen LogP contribution in [0.3, 0.4) is 0 Å². The normalized spacial score (nSPS) is 12.2. The van der Waals surface area contributed by atoms with Gasteiger partial charge in [0.15, 0.2) is 4.34 Å². The fourth-order valence-electron chi connectivity index (χ4n) is 2.21. The molecule has 2 aromatic rings. The first kappa shape index (κ1) is 19.7. The molecule has 136 valence electrons. The largest absolute Gasteiger partial charge is 0.356 e. The summed E-state index contributed by atoms with van der Waals surface area (Å²) in [5.74, 6) is 1.09. The molecule has 1 atom stereocenters. The third-order valence-corrected chi connectivity index (χ3v) is 5.62. The third-order valence-electron chi connectivity index (χ3n) is 3.60. The molecule has 0 spiro atoms. The Balaban J connectivity index is 1.69. The molecule has 2 N–H and O–H groups in total. The number of carbonyl (C=O) groups is 1. The number of aromatic nitrogens is 2. The van der Waals surface area contributed by atoms with Crippen molar-refractivity contribution in [2.24, 2.45) is 5.92 Å². The van der Waals surface area contributed by atoms with E-state index in [1.807, 2.05) is 18.2 Å². The number of thioether (sulfide) groups is 1. The van der Waals surface area contributed by atoms with Gasteiger partial charge < -0.3 is 10.6 Å². The summed E-state index contributed by atoms with van der Waals surface area (Å²) in [4.78, 5) is 12.0. The van der Waals surface area contributed by atoms with Crippen molar-refractivity contribution >= 4 is 34.1 Å². The van der Waals surface area contributed by atoms with E-state index < -0.39 is 0 Å². The van der Waals surface area contributed by atoms with Crippen molar-refractivity contribution in [3.63, 3.8) is 0 Å². The number of hydrogen-bond acceptors (Lipinski definition) is 6. The fourth-order valence-corrected chi connectivity index (χ4v) is 3.77. The molecule has 7 heteroatoms. The van der Waals surface area contributed by atoms with Crippen LogP contribution >= 0.6 is 23.1 Å². The maximum Gasteiger partial charge on any atom is 0.230 e. The van der Waals surface area contributed by atoms with E-state index in [2.05, 4.69) is 53.7 Å². The Morgan fingerprint density at radius 1 is 1.16 bits per heavy atom. The summed E-state index contributed by atoms with van der Waals surface area (Å²) >= 11 is 2.91. The Labute approximate surface area is 158 Å². The van der Waals surface area contributed by atoms with Crippen LogP contribution in [-0.4, -0.2) is 27.9 Å². The minimum Gasteiger partial charge on any atom is -0.356 e. The lowest BCUT2D eigenvalue weighted by molar-refractivity contribution is -0.119. The molecule has 2 rings (SSSR count). The molecule has 0 fully saturated rings. The van der Waals surface area contributed by atoms with Gasteiger partial charge in [-0.05, 0) is 31.2 Å². The summed E-state index contributed by atoms with van der Waals surface area (Å²) in [5, 5.41) is 15.3. The van der Waals surface area contributed by atoms with Crippen molar-refractivity contribution < 1.29 is 4.79 Å². The SMILES string of the molecule is CC(C)CC[C@H](C)NC(=O)CSc1nnc(NCc2ccccc2)s1. The zero-order valence-corrected chi connectivity index (χ0v) is 16.6. The molecule has 0 saturated heterocycles. The van der Waals surface area contributed by atoms with Crippen LogP contribution in [0.2, 0.25) is 0 Å². The highest BCUT2D eigenvalue weighted by Crippen LogP contribution is 2.25. The van der Waals surface area contributed by atoms with Crippen LogP contribution < -0.4 is 10.6 Å². The molecule has 1 aromatic heterocycles. The number of nitrogens with one attached hydrogen (secondary N) is 2. The van der Waals surface area contributed by atoms with Crippen LogP contribution in [0.25, 0.3) is 0 Å². The lowest BCUT2D eigenvalue weighted by Gasteiger charge is -2.14. The van der Waals surface area contributed by atoms with Crippen molar-refractivity contribution in [3.8, 4) is 0 Å². The van der Waals surface area contributed by atoms with E-state index in [1.54, 1.807) is 0 Å². The Morgan fingerprint density at radius 2 is 1.92 bits per heavy atom. The molecule has 25 heavy (non-hydrogen) atoms. The summed E-state index contributed by atoms with van der Waals surface area (Å²) in [5.41, 5.74) is 1.20. The van der Waals surface area contributed by atoms with Gasteiger partial charge in [-0.3, -0.25) is 4.79 Å². The van der Waals surface area contributed by atoms with E-state index in [-0.39, 0.29) is 11.9 Å². The Kier molecular flexibility index (Phi) is 8.21. The molecule has 1 heterocycles. The van der Waals surface area contributed by atoms with Crippen LogP contribution in [0.5, 0.6) is 0 Å². The lowest BCUT2D eigenvalue weighted by atomic mass is 10.0. The molecule has 0 radical (unpaired) electrons. The molecular formula is C18H26N4OS2. The minimum atomic E-state index is 0.0512. The van der Waals surface area contributed by atoms with Crippen LogP contribution in [-0.2, 0) is 11.3 Å². The molecule has 1 amide bonds. The molecule has 0 aliphatic rings. The number of carbonyl (C=O) groups excluding carboxylic acids is 1. The fraction of sp³-hybridized carbons (Fsp3) is 0.500. The Hall–Kier alpha value is -1.60. The molecular weight excluding hydrogens is 352 g/mol. The first-order chi connectivity index (χ1) is 12.0. The molecule has 0 aliphatic heterocycles. The first-order valence-electron chi connectivity index (χ1n) is 8.56. The van der Waals surface area contributed by atoms with Gasteiger partial charge in [-0.25, -0.2) is 0 Å². The number of hydrogen-bond donors (Lipinski definition) is 2. The van der Waals surface area contributed by atoms with Gasteiger partial charge in [0.25, 0.3) is 0 Å². The number of nitrogens with zero attached hydrogens (tertiary/aromatic N) is 2. The predicted molar refractivity (Wildman–Crippen MR) is 106 cm³/mol. The summed E-state index contributed by atoms with van der Waals surface area (Å²) < 4.78 is 0.806. The number of anilines is 1. The van der Waals surface area contributed by atoms with E-state index in [1.165, 1.54) is 28.7 Å². The van der Waals surface area contributed by atoms with Crippen molar-refractivity contribution in [3.05, 3.63) is 35.9 Å². The van der Waals surface area contributed by atoms with Gasteiger partial charge in [0, 0.05) is 12.6 Å². The number of rotatable bonds is 10. The molecule has 5 nitrogen and oxygen atoms in total. The second-order valence-corrected chi connectivity index (χ2v) is 8.64. The van der Waals surface area contributed by atoms with Gasteiger partial charge >= 0.3 is 0 Å². The van der Waals surface area contributed by atoms with Gasteiger partial charge in [-0.1, -0.05) is 67.3 Å². The van der Waals surface area contributed by atoms with Crippen LogP contribution in [0.1, 0.15) is 39.2 Å². The van der Waals surface area contributed by atoms with Crippen LogP contribution in [0, 0.1) is 5.92 Å². The van der Waals surface area contributed by atoms with Gasteiger partial charge in [0.1, 0.15) is 0 Å². The van der Waals surface area contributed by atoms with Crippen molar-refractivity contribution in [2.45, 2.75) is 50.5 Å². The second kappa shape index (κ2) is 10.4. The molecule has 1 aromatic carbocycles. The van der Waals surface area contributed by atoms with E-state index >= 15 is 0 Å². The average molecular weight is 379 g/mol. The van der Waals surface area contributed by atoms with E-state index in [4.69, 9.17) is 0 Å². The number of benzene rings is 1. The zero-order valence-electron chi connectivity index (χ0n) is 15.0. The molecule has 0 aliphatic carbocycles. The third kappa shape index (κ3) is 7.88. The van der Waals surface area contributed by atoms with Gasteiger partial charge in [-0.2, -0.15) is 0 Å². The highest BCUT2D eigenvalue weighted by atomic mass is 32.2. The molecule has 0 unspecified atom stereocenters. The lowest BCUT2D eigenvalue weighted by Crippen LogP contribution is -2.33. The quantitative estimate of drug-likeness (QED) is 0.607. The zero-order chi connectivity index (χ0) is 18.1. The Morgan fingerprint density at radius 3 is 2.64 bits per heavy atom. The van der Waals surface area contributed by atoms with Crippen LogP contribution in [0.4, 0.5) is 5.13 Å². The molecule has 0 bridgehead atoms. The van der Waals surface area contributed by atoms with Crippen molar-refractivity contribution in [1.82, 2.24) is 15.5 Å². The van der Waals surface area contributed by atoms with Crippen LogP contribution in [0.15, 0.2) is 34.7 Å². The summed E-state index contributed by atoms with van der Waals surface area (Å²) in [6, 6.07) is 10.4. The molecule has 0 saturated carbocycles. The van der Waals surface area contributed by atoms with E-state index in [9.17, 15) is 4.79 Å². The Bertz CT molecular complexity index is 646. The number of amides is 1. The predicted octanol–water partition coefficient (Wildman–Crippen LogP) is 4.18. The summed E-state index contributed by atoms with van der Waals surface area (Å²) in [7, 11) is 0. The van der Waals surface area contributed by atoms with Crippen molar-refractivity contribution in [1.29, 1.82) is 0 Å². The second-order valence-electron chi connectivity index (χ2n) is 6.44. The van der Waals surface area contributed by atoms with Gasteiger partial charge in [0.05, 0.1) is 5.75 Å². The highest BCUT2D eigenvalue weighted by Gasteiger charge is 2.11.